The summed E-state index contributed by atoms with van der Waals surface area (Å²) in [4.78, 5) is 26.9. The van der Waals surface area contributed by atoms with Crippen LogP contribution in [-0.2, 0) is 11.3 Å². The van der Waals surface area contributed by atoms with Crippen LogP contribution in [0.25, 0.3) is 0 Å². The SMILES string of the molecule is O=C(Nc1ccc(C(=O)N(Cc2ccco2)C2CCCC2)cc1)C1CC1. The van der Waals surface area contributed by atoms with Gasteiger partial charge in [0, 0.05) is 23.2 Å². The van der Waals surface area contributed by atoms with E-state index in [0.717, 1.165) is 37.1 Å². The van der Waals surface area contributed by atoms with Gasteiger partial charge in [0.15, 0.2) is 0 Å². The van der Waals surface area contributed by atoms with Crippen molar-refractivity contribution in [2.24, 2.45) is 5.92 Å². The van der Waals surface area contributed by atoms with E-state index in [1.165, 1.54) is 12.8 Å². The van der Waals surface area contributed by atoms with Crippen LogP contribution in [0.3, 0.4) is 0 Å². The summed E-state index contributed by atoms with van der Waals surface area (Å²) in [5.74, 6) is 1.07. The summed E-state index contributed by atoms with van der Waals surface area (Å²) in [5, 5.41) is 2.91. The van der Waals surface area contributed by atoms with Crippen LogP contribution in [0, 0.1) is 5.92 Å². The lowest BCUT2D eigenvalue weighted by molar-refractivity contribution is -0.117. The first-order chi connectivity index (χ1) is 12.7. The van der Waals surface area contributed by atoms with Crippen LogP contribution in [0.5, 0.6) is 0 Å². The molecule has 5 heteroatoms. The van der Waals surface area contributed by atoms with Crippen molar-refractivity contribution in [3.63, 3.8) is 0 Å². The largest absolute Gasteiger partial charge is 0.467 e. The minimum Gasteiger partial charge on any atom is -0.467 e. The van der Waals surface area contributed by atoms with Crippen molar-refractivity contribution < 1.29 is 14.0 Å². The summed E-state index contributed by atoms with van der Waals surface area (Å²) < 4.78 is 5.46. The zero-order chi connectivity index (χ0) is 17.9. The maximum absolute atomic E-state index is 13.1. The summed E-state index contributed by atoms with van der Waals surface area (Å²) >= 11 is 0. The summed E-state index contributed by atoms with van der Waals surface area (Å²) in [6.07, 6.45) is 8.02. The number of amides is 2. The number of anilines is 1. The molecule has 136 valence electrons. The molecule has 1 heterocycles. The van der Waals surface area contributed by atoms with Gasteiger partial charge >= 0.3 is 0 Å². The molecule has 5 nitrogen and oxygen atoms in total. The van der Waals surface area contributed by atoms with Gasteiger partial charge in [-0.2, -0.15) is 0 Å². The summed E-state index contributed by atoms with van der Waals surface area (Å²) in [6, 6.07) is 11.3. The van der Waals surface area contributed by atoms with Crippen LogP contribution >= 0.6 is 0 Å². The Hall–Kier alpha value is -2.56. The van der Waals surface area contributed by atoms with Gasteiger partial charge in [-0.05, 0) is 62.1 Å². The average molecular weight is 352 g/mol. The third kappa shape index (κ3) is 3.82. The molecule has 1 aromatic heterocycles. The minimum atomic E-state index is 0.0216. The normalized spacial score (nSPS) is 17.2. The van der Waals surface area contributed by atoms with E-state index in [2.05, 4.69) is 5.32 Å². The molecule has 0 bridgehead atoms. The van der Waals surface area contributed by atoms with Crippen molar-refractivity contribution >= 4 is 17.5 Å². The summed E-state index contributed by atoms with van der Waals surface area (Å²) in [5.41, 5.74) is 1.39. The quantitative estimate of drug-likeness (QED) is 0.847. The van der Waals surface area contributed by atoms with E-state index in [4.69, 9.17) is 4.42 Å². The van der Waals surface area contributed by atoms with Gasteiger partial charge in [-0.25, -0.2) is 0 Å². The van der Waals surface area contributed by atoms with Gasteiger partial charge in [0.05, 0.1) is 12.8 Å². The first kappa shape index (κ1) is 16.9. The van der Waals surface area contributed by atoms with Gasteiger partial charge in [0.25, 0.3) is 5.91 Å². The van der Waals surface area contributed by atoms with Crippen molar-refractivity contribution in [1.29, 1.82) is 0 Å². The molecular weight excluding hydrogens is 328 g/mol. The number of furan rings is 1. The van der Waals surface area contributed by atoms with Crippen LogP contribution in [0.2, 0.25) is 0 Å². The van der Waals surface area contributed by atoms with Crippen LogP contribution in [-0.4, -0.2) is 22.8 Å². The maximum Gasteiger partial charge on any atom is 0.254 e. The van der Waals surface area contributed by atoms with E-state index in [0.29, 0.717) is 12.1 Å². The highest BCUT2D eigenvalue weighted by Gasteiger charge is 2.30. The molecule has 0 radical (unpaired) electrons. The number of carbonyl (C=O) groups is 2. The molecule has 0 unspecified atom stereocenters. The molecule has 2 fully saturated rings. The van der Waals surface area contributed by atoms with Crippen LogP contribution < -0.4 is 5.32 Å². The second-order valence-electron chi connectivity index (χ2n) is 7.29. The Labute approximate surface area is 153 Å². The Morgan fingerprint density at radius 3 is 2.38 bits per heavy atom. The van der Waals surface area contributed by atoms with Gasteiger partial charge in [0.2, 0.25) is 5.91 Å². The molecule has 26 heavy (non-hydrogen) atoms. The third-order valence-electron chi connectivity index (χ3n) is 5.28. The number of hydrogen-bond acceptors (Lipinski definition) is 3. The van der Waals surface area contributed by atoms with Crippen molar-refractivity contribution in [2.75, 3.05) is 5.32 Å². The highest BCUT2D eigenvalue weighted by atomic mass is 16.3. The second kappa shape index (κ2) is 7.36. The first-order valence-electron chi connectivity index (χ1n) is 9.45. The van der Waals surface area contributed by atoms with E-state index in [-0.39, 0.29) is 23.8 Å². The molecule has 2 aliphatic rings. The fourth-order valence-electron chi connectivity index (χ4n) is 3.60. The lowest BCUT2D eigenvalue weighted by Gasteiger charge is -2.28. The zero-order valence-electron chi connectivity index (χ0n) is 14.8. The molecule has 0 saturated heterocycles. The monoisotopic (exact) mass is 352 g/mol. The number of nitrogens with one attached hydrogen (secondary N) is 1. The molecule has 2 aromatic rings. The standard InChI is InChI=1S/C21H24N2O3/c24-20(15-7-8-15)22-17-11-9-16(10-12-17)21(25)23(18-4-1-2-5-18)14-19-6-3-13-26-19/h3,6,9-13,15,18H,1-2,4-5,7-8,14H2,(H,22,24). The van der Waals surface area contributed by atoms with Crippen molar-refractivity contribution in [3.8, 4) is 0 Å². The molecule has 1 N–H and O–H groups in total. The summed E-state index contributed by atoms with van der Waals surface area (Å²) in [6.45, 7) is 0.497. The minimum absolute atomic E-state index is 0.0216. The van der Waals surface area contributed by atoms with Gasteiger partial charge in [-0.15, -0.1) is 0 Å². The Kier molecular flexibility index (Phi) is 4.78. The molecule has 1 aromatic carbocycles. The van der Waals surface area contributed by atoms with E-state index >= 15 is 0 Å². The Bertz CT molecular complexity index is 757. The van der Waals surface area contributed by atoms with Crippen LogP contribution in [0.15, 0.2) is 47.1 Å². The van der Waals surface area contributed by atoms with Crippen LogP contribution in [0.4, 0.5) is 5.69 Å². The van der Waals surface area contributed by atoms with E-state index in [9.17, 15) is 9.59 Å². The number of nitrogens with zero attached hydrogens (tertiary/aromatic N) is 1. The lowest BCUT2D eigenvalue weighted by Crippen LogP contribution is -2.38. The number of benzene rings is 1. The molecule has 2 saturated carbocycles. The van der Waals surface area contributed by atoms with E-state index < -0.39 is 0 Å². The van der Waals surface area contributed by atoms with Gasteiger partial charge in [-0.1, -0.05) is 12.8 Å². The summed E-state index contributed by atoms with van der Waals surface area (Å²) in [7, 11) is 0. The number of carbonyl (C=O) groups excluding carboxylic acids is 2. The van der Waals surface area contributed by atoms with Crippen molar-refractivity contribution in [1.82, 2.24) is 4.90 Å². The number of rotatable bonds is 6. The molecule has 2 aliphatic carbocycles. The molecular formula is C21H24N2O3. The topological polar surface area (TPSA) is 62.6 Å². The third-order valence-corrected chi connectivity index (χ3v) is 5.28. The van der Waals surface area contributed by atoms with Gasteiger partial charge < -0.3 is 14.6 Å². The second-order valence-corrected chi connectivity index (χ2v) is 7.29. The van der Waals surface area contributed by atoms with Crippen LogP contribution in [0.1, 0.15) is 54.6 Å². The maximum atomic E-state index is 13.1. The average Bonchev–Trinajstić information content (AvgIpc) is 3.14. The van der Waals surface area contributed by atoms with Crippen molar-refractivity contribution in [2.45, 2.75) is 51.1 Å². The zero-order valence-corrected chi connectivity index (χ0v) is 14.8. The Balaban J connectivity index is 1.47. The smallest absolute Gasteiger partial charge is 0.254 e. The predicted octanol–water partition coefficient (Wildman–Crippen LogP) is 4.21. The first-order valence-corrected chi connectivity index (χ1v) is 9.45. The molecule has 0 spiro atoms. The van der Waals surface area contributed by atoms with Gasteiger partial charge in [0.1, 0.15) is 5.76 Å². The molecule has 0 aliphatic heterocycles. The van der Waals surface area contributed by atoms with E-state index in [1.807, 2.05) is 29.2 Å². The van der Waals surface area contributed by atoms with Gasteiger partial charge in [-0.3, -0.25) is 9.59 Å². The fourth-order valence-corrected chi connectivity index (χ4v) is 3.60. The highest BCUT2D eigenvalue weighted by Crippen LogP contribution is 2.30. The van der Waals surface area contributed by atoms with Crippen molar-refractivity contribution in [3.05, 3.63) is 54.0 Å². The fraction of sp³-hybridized carbons (Fsp3) is 0.429. The molecule has 0 atom stereocenters. The lowest BCUT2D eigenvalue weighted by atomic mass is 10.1. The Morgan fingerprint density at radius 1 is 1.04 bits per heavy atom. The predicted molar refractivity (Wildman–Crippen MR) is 98.6 cm³/mol. The number of hydrogen-bond donors (Lipinski definition) is 1. The Morgan fingerprint density at radius 2 is 1.77 bits per heavy atom. The molecule has 4 rings (SSSR count). The van der Waals surface area contributed by atoms with E-state index in [1.54, 1.807) is 18.4 Å². The molecule has 2 amide bonds. The highest BCUT2D eigenvalue weighted by molar-refractivity contribution is 5.97.